The quantitative estimate of drug-likeness (QED) is 0.529. The molecule has 0 fully saturated rings. The zero-order valence-electron chi connectivity index (χ0n) is 15.8. The predicted molar refractivity (Wildman–Crippen MR) is 105 cm³/mol. The molecule has 0 spiro atoms. The van der Waals surface area contributed by atoms with Gasteiger partial charge >= 0.3 is 0 Å². The number of amides is 1. The van der Waals surface area contributed by atoms with Crippen LogP contribution in [0.5, 0.6) is 0 Å². The highest BCUT2D eigenvalue weighted by atomic mass is 32.1. The van der Waals surface area contributed by atoms with E-state index >= 15 is 0 Å². The third-order valence-corrected chi connectivity index (χ3v) is 4.87. The van der Waals surface area contributed by atoms with Crippen LogP contribution in [0.1, 0.15) is 38.1 Å². The lowest BCUT2D eigenvalue weighted by Crippen LogP contribution is -2.44. The van der Waals surface area contributed by atoms with Crippen molar-refractivity contribution in [1.82, 2.24) is 20.9 Å². The van der Waals surface area contributed by atoms with E-state index < -0.39 is 0 Å². The van der Waals surface area contributed by atoms with Crippen LogP contribution in [-0.4, -0.2) is 55.0 Å². The monoisotopic (exact) mass is 365 g/mol. The topological polar surface area (TPSA) is 68.8 Å². The van der Waals surface area contributed by atoms with Gasteiger partial charge in [-0.25, -0.2) is 4.99 Å². The zero-order valence-corrected chi connectivity index (χ0v) is 16.6. The molecule has 25 heavy (non-hydrogen) atoms. The third-order valence-electron chi connectivity index (χ3n) is 3.85. The molecule has 0 atom stereocenters. The molecule has 1 aromatic rings. The largest absolute Gasteiger partial charge is 0.357 e. The van der Waals surface area contributed by atoms with Gasteiger partial charge in [-0.2, -0.15) is 0 Å². The number of aliphatic imine (C=N–C) groups is 1. The van der Waals surface area contributed by atoms with Crippen molar-refractivity contribution < 1.29 is 4.79 Å². The van der Waals surface area contributed by atoms with E-state index in [4.69, 9.17) is 0 Å². The Bertz CT molecular complexity index is 591. The van der Waals surface area contributed by atoms with Crippen LogP contribution in [0.15, 0.2) is 16.4 Å². The molecule has 1 aromatic heterocycles. The van der Waals surface area contributed by atoms with Gasteiger partial charge in [-0.05, 0) is 51.1 Å². The van der Waals surface area contributed by atoms with Crippen LogP contribution in [0.2, 0.25) is 0 Å². The minimum absolute atomic E-state index is 0.0641. The summed E-state index contributed by atoms with van der Waals surface area (Å²) in [5.41, 5.74) is 1.24. The molecule has 6 nitrogen and oxygen atoms in total. The lowest BCUT2D eigenvalue weighted by atomic mass is 10.1. The van der Waals surface area contributed by atoms with E-state index in [1.807, 2.05) is 39.0 Å². The molecule has 0 aromatic carbocycles. The Balaban J connectivity index is 1.75. The Morgan fingerprint density at radius 2 is 2.16 bits per heavy atom. The maximum Gasteiger partial charge on any atom is 0.242 e. The summed E-state index contributed by atoms with van der Waals surface area (Å²) in [5, 5.41) is 11.6. The number of nitrogens with zero attached hydrogens (tertiary/aromatic N) is 2. The van der Waals surface area contributed by atoms with Crippen molar-refractivity contribution in [3.63, 3.8) is 0 Å². The lowest BCUT2D eigenvalue weighted by molar-refractivity contribution is -0.121. The normalized spacial score (nSPS) is 15.6. The summed E-state index contributed by atoms with van der Waals surface area (Å²) in [6.07, 6.45) is 1.15. The predicted octanol–water partition coefficient (Wildman–Crippen LogP) is 1.58. The second kappa shape index (κ2) is 9.20. The van der Waals surface area contributed by atoms with Crippen molar-refractivity contribution in [3.8, 4) is 0 Å². The van der Waals surface area contributed by atoms with Crippen LogP contribution in [0.3, 0.4) is 0 Å². The maximum atomic E-state index is 11.9. The average molecular weight is 366 g/mol. The summed E-state index contributed by atoms with van der Waals surface area (Å²) < 4.78 is 0. The van der Waals surface area contributed by atoms with Gasteiger partial charge in [0.1, 0.15) is 6.54 Å². The molecular weight excluding hydrogens is 334 g/mol. The summed E-state index contributed by atoms with van der Waals surface area (Å²) in [4.78, 5) is 20.3. The molecule has 0 saturated heterocycles. The molecule has 0 radical (unpaired) electrons. The Labute approximate surface area is 155 Å². The Kier molecular flexibility index (Phi) is 7.25. The molecule has 3 N–H and O–H groups in total. The molecule has 0 unspecified atom stereocenters. The first-order chi connectivity index (χ1) is 11.9. The highest BCUT2D eigenvalue weighted by Crippen LogP contribution is 2.23. The van der Waals surface area contributed by atoms with Gasteiger partial charge in [0.05, 0.1) is 0 Å². The molecule has 0 aliphatic carbocycles. The number of carbonyl (C=O) groups is 1. The number of hydrogen-bond acceptors (Lipinski definition) is 4. The fourth-order valence-electron chi connectivity index (χ4n) is 2.78. The molecule has 0 saturated carbocycles. The van der Waals surface area contributed by atoms with Crippen LogP contribution >= 0.6 is 11.3 Å². The highest BCUT2D eigenvalue weighted by Gasteiger charge is 2.17. The Hall–Kier alpha value is -1.60. The number of thiophene rings is 1. The summed E-state index contributed by atoms with van der Waals surface area (Å²) in [7, 11) is 0. The van der Waals surface area contributed by atoms with Crippen LogP contribution in [0.25, 0.3) is 0 Å². The third kappa shape index (κ3) is 7.04. The molecule has 1 amide bonds. The van der Waals surface area contributed by atoms with E-state index in [1.165, 1.54) is 10.4 Å². The summed E-state index contributed by atoms with van der Waals surface area (Å²) in [6.45, 7) is 12.7. The first kappa shape index (κ1) is 19.7. The minimum atomic E-state index is -0.229. The Morgan fingerprint density at radius 3 is 2.88 bits per heavy atom. The second-order valence-electron chi connectivity index (χ2n) is 7.32. The first-order valence-electron chi connectivity index (χ1n) is 8.98. The molecular formula is C18H31N5OS. The van der Waals surface area contributed by atoms with Crippen molar-refractivity contribution in [2.24, 2.45) is 4.99 Å². The molecule has 1 aliphatic rings. The van der Waals surface area contributed by atoms with Gasteiger partial charge in [0.15, 0.2) is 5.96 Å². The number of fused-ring (bicyclic) bond motifs is 1. The number of hydrogen-bond donors (Lipinski definition) is 3. The van der Waals surface area contributed by atoms with Crippen LogP contribution in [0.4, 0.5) is 0 Å². The smallest absolute Gasteiger partial charge is 0.242 e. The number of rotatable bonds is 6. The SMILES string of the molecule is CCNC(=NCC(=O)NC(C)(C)C)NCCN1CCc2sccc2C1. The van der Waals surface area contributed by atoms with Gasteiger partial charge in [-0.1, -0.05) is 0 Å². The van der Waals surface area contributed by atoms with Crippen molar-refractivity contribution in [1.29, 1.82) is 0 Å². The first-order valence-corrected chi connectivity index (χ1v) is 9.86. The molecule has 2 rings (SSSR count). The van der Waals surface area contributed by atoms with Gasteiger partial charge in [-0.3, -0.25) is 9.69 Å². The van der Waals surface area contributed by atoms with E-state index in [0.29, 0.717) is 5.96 Å². The van der Waals surface area contributed by atoms with Crippen LogP contribution < -0.4 is 16.0 Å². The minimum Gasteiger partial charge on any atom is -0.357 e. The van der Waals surface area contributed by atoms with Crippen LogP contribution in [-0.2, 0) is 17.8 Å². The number of carbonyl (C=O) groups excluding carboxylic acids is 1. The summed E-state index contributed by atoms with van der Waals surface area (Å²) >= 11 is 1.87. The van der Waals surface area contributed by atoms with E-state index in [9.17, 15) is 4.79 Å². The van der Waals surface area contributed by atoms with Crippen molar-refractivity contribution in [2.45, 2.75) is 46.2 Å². The molecule has 0 bridgehead atoms. The summed E-state index contributed by atoms with van der Waals surface area (Å²) in [5.74, 6) is 0.630. The van der Waals surface area contributed by atoms with E-state index in [-0.39, 0.29) is 18.0 Å². The molecule has 2 heterocycles. The number of nitrogens with one attached hydrogen (secondary N) is 3. The molecule has 140 valence electrons. The van der Waals surface area contributed by atoms with E-state index in [1.54, 1.807) is 0 Å². The summed E-state index contributed by atoms with van der Waals surface area (Å²) in [6, 6.07) is 2.24. The second-order valence-corrected chi connectivity index (χ2v) is 8.32. The van der Waals surface area contributed by atoms with Crippen molar-refractivity contribution in [2.75, 3.05) is 32.7 Å². The standard InChI is InChI=1S/C18H31N5OS/c1-5-19-17(21-12-16(24)22-18(2,3)4)20-8-10-23-9-6-15-14(13-23)7-11-25-15/h7,11H,5-6,8-10,12-13H2,1-4H3,(H,22,24)(H2,19,20,21). The molecule has 7 heteroatoms. The maximum absolute atomic E-state index is 11.9. The molecule has 1 aliphatic heterocycles. The average Bonchev–Trinajstić information content (AvgIpc) is 2.98. The zero-order chi connectivity index (χ0) is 18.3. The van der Waals surface area contributed by atoms with Gasteiger partial charge in [0.2, 0.25) is 5.91 Å². The fourth-order valence-corrected chi connectivity index (χ4v) is 3.67. The highest BCUT2D eigenvalue weighted by molar-refractivity contribution is 7.10. The van der Waals surface area contributed by atoms with Gasteiger partial charge in [0.25, 0.3) is 0 Å². The number of guanidine groups is 1. The fraction of sp³-hybridized carbons (Fsp3) is 0.667. The van der Waals surface area contributed by atoms with Gasteiger partial charge in [0, 0.05) is 43.1 Å². The van der Waals surface area contributed by atoms with Crippen molar-refractivity contribution in [3.05, 3.63) is 21.9 Å². The lowest BCUT2D eigenvalue weighted by Gasteiger charge is -2.27. The van der Waals surface area contributed by atoms with Gasteiger partial charge in [-0.15, -0.1) is 11.3 Å². The van der Waals surface area contributed by atoms with E-state index in [0.717, 1.165) is 39.1 Å². The van der Waals surface area contributed by atoms with Crippen LogP contribution in [0, 0.1) is 0 Å². The van der Waals surface area contributed by atoms with Crippen molar-refractivity contribution >= 4 is 23.2 Å². The van der Waals surface area contributed by atoms with E-state index in [2.05, 4.69) is 37.3 Å². The van der Waals surface area contributed by atoms with Gasteiger partial charge < -0.3 is 16.0 Å². The Morgan fingerprint density at radius 1 is 1.36 bits per heavy atom.